The maximum atomic E-state index is 13.9. The predicted molar refractivity (Wildman–Crippen MR) is 142 cm³/mol. The normalized spacial score (nSPS) is 18.0. The second-order valence-electron chi connectivity index (χ2n) is 9.70. The van der Waals surface area contributed by atoms with Crippen molar-refractivity contribution < 1.29 is 36.7 Å². The zero-order valence-electron chi connectivity index (χ0n) is 22.4. The Morgan fingerprint density at radius 2 is 1.80 bits per heavy atom. The van der Waals surface area contributed by atoms with Crippen LogP contribution in [0.1, 0.15) is 52.8 Å². The zero-order valence-corrected chi connectivity index (χ0v) is 22.4. The van der Waals surface area contributed by atoms with E-state index in [2.05, 4.69) is 9.97 Å². The molecule has 1 aliphatic rings. The molecule has 0 unspecified atom stereocenters. The van der Waals surface area contributed by atoms with Crippen LogP contribution in [0.15, 0.2) is 59.0 Å². The first kappa shape index (κ1) is 28.1. The summed E-state index contributed by atoms with van der Waals surface area (Å²) in [4.78, 5) is 36.5. The van der Waals surface area contributed by atoms with Gasteiger partial charge in [0.2, 0.25) is 5.89 Å². The van der Waals surface area contributed by atoms with Crippen LogP contribution < -0.4 is 10.5 Å². The minimum absolute atomic E-state index is 0.0386. The Balaban J connectivity index is 1.59. The maximum absolute atomic E-state index is 13.9. The van der Waals surface area contributed by atoms with Crippen molar-refractivity contribution in [3.63, 3.8) is 0 Å². The number of hydrogen-bond acceptors (Lipinski definition) is 8. The van der Waals surface area contributed by atoms with E-state index >= 15 is 0 Å². The van der Waals surface area contributed by atoms with Gasteiger partial charge in [-0.05, 0) is 43.2 Å². The summed E-state index contributed by atoms with van der Waals surface area (Å²) >= 11 is 0. The summed E-state index contributed by atoms with van der Waals surface area (Å²) in [6, 6.07) is 12.8. The zero-order chi connectivity index (χ0) is 29.5. The Kier molecular flexibility index (Phi) is 7.43. The van der Waals surface area contributed by atoms with E-state index in [0.29, 0.717) is 6.42 Å². The van der Waals surface area contributed by atoms with Gasteiger partial charge < -0.3 is 24.5 Å². The molecule has 1 fully saturated rings. The van der Waals surface area contributed by atoms with E-state index in [1.807, 2.05) is 30.3 Å². The number of likely N-dealkylation sites (tertiary alicyclic amines) is 1. The monoisotopic (exact) mass is 568 g/mol. The predicted octanol–water partition coefficient (Wildman–Crippen LogP) is 5.11. The van der Waals surface area contributed by atoms with Crippen LogP contribution in [0.4, 0.5) is 13.2 Å². The number of rotatable bonds is 6. The summed E-state index contributed by atoms with van der Waals surface area (Å²) in [5, 5.41) is 0.270. The summed E-state index contributed by atoms with van der Waals surface area (Å²) in [5.41, 5.74) is 6.10. The number of carbonyl (C=O) groups excluding carboxylic acids is 2. The molecule has 2 aromatic carbocycles. The number of ether oxygens (including phenoxy) is 2. The molecule has 214 valence electrons. The number of esters is 1. The van der Waals surface area contributed by atoms with E-state index in [4.69, 9.17) is 19.6 Å². The van der Waals surface area contributed by atoms with Crippen molar-refractivity contribution in [1.29, 1.82) is 0 Å². The fraction of sp³-hybridized carbons (Fsp3) is 0.310. The minimum atomic E-state index is -4.66. The van der Waals surface area contributed by atoms with Crippen LogP contribution in [0, 0.1) is 0 Å². The molecule has 12 heteroatoms. The lowest BCUT2D eigenvalue weighted by molar-refractivity contribution is -0.145. The molecule has 0 aliphatic carbocycles. The highest BCUT2D eigenvalue weighted by Gasteiger charge is 2.45. The molecular weight excluding hydrogens is 541 g/mol. The summed E-state index contributed by atoms with van der Waals surface area (Å²) in [6.45, 7) is 1.87. The first-order valence-electron chi connectivity index (χ1n) is 12.8. The number of pyridine rings is 1. The van der Waals surface area contributed by atoms with Crippen LogP contribution in [0.25, 0.3) is 22.4 Å². The van der Waals surface area contributed by atoms with Crippen LogP contribution in [0.2, 0.25) is 0 Å². The van der Waals surface area contributed by atoms with E-state index in [0.717, 1.165) is 11.6 Å². The smallest absolute Gasteiger partial charge is 0.433 e. The average molecular weight is 569 g/mol. The number of methoxy groups -OCH3 is 2. The van der Waals surface area contributed by atoms with Crippen molar-refractivity contribution in [3.05, 3.63) is 77.3 Å². The van der Waals surface area contributed by atoms with Crippen molar-refractivity contribution in [1.82, 2.24) is 14.9 Å². The Bertz CT molecular complexity index is 1600. The number of alkyl halides is 3. The minimum Gasteiger partial charge on any atom is -0.494 e. The van der Waals surface area contributed by atoms with Crippen molar-refractivity contribution >= 4 is 22.8 Å². The molecule has 1 amide bonds. The molecule has 5 rings (SSSR count). The van der Waals surface area contributed by atoms with Gasteiger partial charge in [0.1, 0.15) is 23.0 Å². The number of nitrogens with two attached hydrogens (primary N) is 1. The number of oxazole rings is 1. The van der Waals surface area contributed by atoms with Crippen LogP contribution in [0.5, 0.6) is 5.75 Å². The highest BCUT2D eigenvalue weighted by molar-refractivity contribution is 5.99. The molecule has 3 atom stereocenters. The molecule has 2 aromatic heterocycles. The second kappa shape index (κ2) is 10.8. The van der Waals surface area contributed by atoms with Crippen LogP contribution in [-0.2, 0) is 15.7 Å². The maximum Gasteiger partial charge on any atom is 0.433 e. The Morgan fingerprint density at radius 1 is 1.07 bits per heavy atom. The van der Waals surface area contributed by atoms with Crippen molar-refractivity contribution in [2.45, 2.75) is 37.5 Å². The van der Waals surface area contributed by atoms with Crippen molar-refractivity contribution in [3.8, 4) is 17.2 Å². The van der Waals surface area contributed by atoms with Gasteiger partial charge in [0.25, 0.3) is 5.91 Å². The highest BCUT2D eigenvalue weighted by Crippen LogP contribution is 2.39. The Labute approximate surface area is 233 Å². The number of hydrogen-bond donors (Lipinski definition) is 1. The molecule has 1 saturated heterocycles. The van der Waals surface area contributed by atoms with Gasteiger partial charge in [0.05, 0.1) is 20.3 Å². The van der Waals surface area contributed by atoms with Gasteiger partial charge in [-0.15, -0.1) is 0 Å². The van der Waals surface area contributed by atoms with Gasteiger partial charge >= 0.3 is 12.1 Å². The van der Waals surface area contributed by atoms with Gasteiger partial charge in [-0.3, -0.25) is 4.79 Å². The fourth-order valence-corrected chi connectivity index (χ4v) is 5.23. The molecule has 3 heterocycles. The Morgan fingerprint density at radius 3 is 2.44 bits per heavy atom. The van der Waals surface area contributed by atoms with Gasteiger partial charge in [0.15, 0.2) is 11.5 Å². The van der Waals surface area contributed by atoms with E-state index in [9.17, 15) is 22.8 Å². The lowest BCUT2D eigenvalue weighted by Crippen LogP contribution is -2.44. The van der Waals surface area contributed by atoms with Gasteiger partial charge in [-0.2, -0.15) is 13.2 Å². The van der Waals surface area contributed by atoms with E-state index < -0.39 is 35.8 Å². The first-order chi connectivity index (χ1) is 19.5. The quantitative estimate of drug-likeness (QED) is 0.319. The third-order valence-electron chi connectivity index (χ3n) is 7.16. The molecule has 2 N–H and O–H groups in total. The van der Waals surface area contributed by atoms with Crippen LogP contribution in [-0.4, -0.2) is 53.6 Å². The number of halogens is 3. The third-order valence-corrected chi connectivity index (χ3v) is 7.16. The van der Waals surface area contributed by atoms with E-state index in [1.165, 1.54) is 31.3 Å². The van der Waals surface area contributed by atoms with Crippen LogP contribution >= 0.6 is 0 Å². The largest absolute Gasteiger partial charge is 0.494 e. The molecule has 0 saturated carbocycles. The van der Waals surface area contributed by atoms with Gasteiger partial charge in [0, 0.05) is 23.4 Å². The number of benzene rings is 2. The first-order valence-corrected chi connectivity index (χ1v) is 12.8. The summed E-state index contributed by atoms with van der Waals surface area (Å²) < 4.78 is 56.4. The molecular formula is C29H27F3N4O5. The summed E-state index contributed by atoms with van der Waals surface area (Å²) in [7, 11) is 2.59. The summed E-state index contributed by atoms with van der Waals surface area (Å²) in [5.74, 6) is -1.28. The number of fused-ring (bicyclic) bond motifs is 1. The van der Waals surface area contributed by atoms with Crippen molar-refractivity contribution in [2.75, 3.05) is 20.8 Å². The fourth-order valence-electron chi connectivity index (χ4n) is 5.23. The number of carbonyl (C=O) groups is 2. The van der Waals surface area contributed by atoms with Crippen molar-refractivity contribution in [2.24, 2.45) is 5.73 Å². The van der Waals surface area contributed by atoms with Crippen LogP contribution in [0.3, 0.4) is 0 Å². The lowest BCUT2D eigenvalue weighted by atomic mass is 9.91. The SMILES string of the molecule is COC(=O)[C@@H]1[C@@H](c2ccccc2)CCN1C(=O)c1nc(-c2ccc(OC)c3nc(C(F)(F)F)ccc23)oc1[C@H](C)N. The third kappa shape index (κ3) is 5.10. The second-order valence-corrected chi connectivity index (χ2v) is 9.70. The van der Waals surface area contributed by atoms with E-state index in [-0.39, 0.29) is 52.0 Å². The molecule has 0 spiro atoms. The standard InChI is InChI=1S/C29H27F3N4O5/c1-15(33)25-23(27(37)36-14-13-17(24(36)28(38)40-3)16-7-5-4-6-8-16)35-26(41-25)19-9-11-20(39-2)22-18(19)10-12-21(34-22)29(30,31)32/h4-12,15,17,24H,13-14,33H2,1-3H3/t15-,17+,24-/m0/s1. The Hall–Kier alpha value is -4.45. The molecule has 9 nitrogen and oxygen atoms in total. The lowest BCUT2D eigenvalue weighted by Gasteiger charge is -2.26. The number of amides is 1. The highest BCUT2D eigenvalue weighted by atomic mass is 19.4. The molecule has 4 aromatic rings. The average Bonchev–Trinajstić information content (AvgIpc) is 3.61. The number of aromatic nitrogens is 2. The topological polar surface area (TPSA) is 121 Å². The van der Waals surface area contributed by atoms with Gasteiger partial charge in [-0.1, -0.05) is 30.3 Å². The molecule has 0 radical (unpaired) electrons. The van der Waals surface area contributed by atoms with E-state index in [1.54, 1.807) is 13.0 Å². The summed E-state index contributed by atoms with van der Waals surface area (Å²) in [6.07, 6.45) is -4.15. The molecule has 0 bridgehead atoms. The van der Waals surface area contributed by atoms with Gasteiger partial charge in [-0.25, -0.2) is 14.8 Å². The number of nitrogens with zero attached hydrogens (tertiary/aromatic N) is 3. The molecule has 1 aliphatic heterocycles. The molecule has 41 heavy (non-hydrogen) atoms.